The van der Waals surface area contributed by atoms with Gasteiger partial charge in [0.15, 0.2) is 5.96 Å². The summed E-state index contributed by atoms with van der Waals surface area (Å²) in [7, 11) is 1.68. The van der Waals surface area contributed by atoms with Gasteiger partial charge in [-0.05, 0) is 24.6 Å². The number of hydrogen-bond acceptors (Lipinski definition) is 4. The van der Waals surface area contributed by atoms with Gasteiger partial charge in [-0.25, -0.2) is 0 Å². The summed E-state index contributed by atoms with van der Waals surface area (Å²) >= 11 is 3.46. The Balaban J connectivity index is 0.00000162. The number of methoxy groups -OCH3 is 1. The lowest BCUT2D eigenvalue weighted by molar-refractivity contribution is 0.409. The molecule has 18 heavy (non-hydrogen) atoms. The normalized spacial score (nSPS) is 14.0. The fraction of sp³-hybridized carbons (Fsp3) is 0.417. The lowest BCUT2D eigenvalue weighted by atomic mass is 10.2. The first-order chi connectivity index (χ1) is 8.29. The van der Waals surface area contributed by atoms with Gasteiger partial charge in [0.2, 0.25) is 0 Å². The molecule has 0 bridgehead atoms. The van der Waals surface area contributed by atoms with Crippen LogP contribution in [-0.2, 0) is 6.54 Å². The minimum Gasteiger partial charge on any atom is -0.496 e. The van der Waals surface area contributed by atoms with E-state index in [1.54, 1.807) is 7.11 Å². The number of nitrogens with one attached hydrogen (secondary N) is 2. The molecule has 4 nitrogen and oxygen atoms in total. The zero-order valence-corrected chi connectivity index (χ0v) is 14.1. The Labute approximate surface area is 133 Å². The highest BCUT2D eigenvalue weighted by Crippen LogP contribution is 2.22. The van der Waals surface area contributed by atoms with Gasteiger partial charge in [0.05, 0.1) is 7.11 Å². The second kappa shape index (κ2) is 7.83. The van der Waals surface area contributed by atoms with Gasteiger partial charge in [-0.1, -0.05) is 15.9 Å². The molecule has 100 valence electrons. The van der Waals surface area contributed by atoms with E-state index < -0.39 is 0 Å². The van der Waals surface area contributed by atoms with Crippen molar-refractivity contribution in [3.05, 3.63) is 28.2 Å². The van der Waals surface area contributed by atoms with E-state index in [0.29, 0.717) is 6.54 Å². The summed E-state index contributed by atoms with van der Waals surface area (Å²) in [5.74, 6) is 1.76. The Morgan fingerprint density at radius 2 is 2.33 bits per heavy atom. The summed E-state index contributed by atoms with van der Waals surface area (Å²) in [5.41, 5.74) is 1.11. The van der Waals surface area contributed by atoms with E-state index in [0.717, 1.165) is 41.3 Å². The van der Waals surface area contributed by atoms with Gasteiger partial charge in [0, 0.05) is 29.7 Å². The van der Waals surface area contributed by atoms with Crippen LogP contribution in [0.4, 0.5) is 0 Å². The largest absolute Gasteiger partial charge is 0.496 e. The topological polar surface area (TPSA) is 45.6 Å². The molecule has 0 aliphatic carbocycles. The quantitative estimate of drug-likeness (QED) is 0.731. The molecule has 0 radical (unpaired) electrons. The molecular formula is C12H17BrIN3O. The Hall–Kier alpha value is -0.500. The van der Waals surface area contributed by atoms with E-state index in [2.05, 4.69) is 37.6 Å². The van der Waals surface area contributed by atoms with Gasteiger partial charge < -0.3 is 15.4 Å². The number of benzene rings is 1. The molecule has 6 heteroatoms. The predicted molar refractivity (Wildman–Crippen MR) is 87.9 cm³/mol. The summed E-state index contributed by atoms with van der Waals surface area (Å²) in [6.07, 6.45) is 1.10. The maximum absolute atomic E-state index is 5.32. The molecule has 2 rings (SSSR count). The van der Waals surface area contributed by atoms with Crippen molar-refractivity contribution in [1.82, 2.24) is 10.6 Å². The number of ether oxygens (including phenoxy) is 1. The fourth-order valence-corrected chi connectivity index (χ4v) is 2.12. The Kier molecular flexibility index (Phi) is 6.77. The zero-order chi connectivity index (χ0) is 12.1. The molecule has 0 saturated heterocycles. The number of halogens is 2. The Bertz CT molecular complexity index is 426. The molecule has 0 atom stereocenters. The van der Waals surface area contributed by atoms with Crippen molar-refractivity contribution in [3.63, 3.8) is 0 Å². The second-order valence-electron chi connectivity index (χ2n) is 3.82. The molecule has 1 aromatic carbocycles. The molecule has 0 aromatic heterocycles. The highest BCUT2D eigenvalue weighted by Gasteiger charge is 2.06. The molecule has 0 saturated carbocycles. The van der Waals surface area contributed by atoms with E-state index >= 15 is 0 Å². The molecule has 0 unspecified atom stereocenters. The van der Waals surface area contributed by atoms with Gasteiger partial charge in [-0.15, -0.1) is 24.0 Å². The summed E-state index contributed by atoms with van der Waals surface area (Å²) in [6.45, 7) is 2.58. The molecule has 0 fully saturated rings. The third-order valence-electron chi connectivity index (χ3n) is 2.59. The highest BCUT2D eigenvalue weighted by molar-refractivity contribution is 14.0. The molecule has 1 aliphatic rings. The van der Waals surface area contributed by atoms with Crippen molar-refractivity contribution in [3.8, 4) is 5.75 Å². The van der Waals surface area contributed by atoms with E-state index in [1.807, 2.05) is 12.1 Å². The van der Waals surface area contributed by atoms with Crippen molar-refractivity contribution in [2.75, 3.05) is 20.2 Å². The van der Waals surface area contributed by atoms with E-state index in [4.69, 9.17) is 4.74 Å². The lowest BCUT2D eigenvalue weighted by Crippen LogP contribution is -2.40. The molecule has 0 amide bonds. The van der Waals surface area contributed by atoms with Crippen LogP contribution in [0.3, 0.4) is 0 Å². The SMILES string of the molecule is COc1ccc(Br)cc1CNC1=NCCCN1.I. The monoisotopic (exact) mass is 425 g/mol. The summed E-state index contributed by atoms with van der Waals surface area (Å²) in [4.78, 5) is 4.36. The number of guanidine groups is 1. The smallest absolute Gasteiger partial charge is 0.191 e. The van der Waals surface area contributed by atoms with Gasteiger partial charge in [0.25, 0.3) is 0 Å². The van der Waals surface area contributed by atoms with Crippen LogP contribution in [0.15, 0.2) is 27.7 Å². The third-order valence-corrected chi connectivity index (χ3v) is 3.08. The van der Waals surface area contributed by atoms with Gasteiger partial charge >= 0.3 is 0 Å². The maximum atomic E-state index is 5.32. The minimum absolute atomic E-state index is 0. The van der Waals surface area contributed by atoms with Gasteiger partial charge in [0.1, 0.15) is 5.75 Å². The van der Waals surface area contributed by atoms with Crippen molar-refractivity contribution in [2.45, 2.75) is 13.0 Å². The summed E-state index contributed by atoms with van der Waals surface area (Å²) < 4.78 is 6.37. The average molecular weight is 426 g/mol. The van der Waals surface area contributed by atoms with E-state index in [9.17, 15) is 0 Å². The number of nitrogens with zero attached hydrogens (tertiary/aromatic N) is 1. The van der Waals surface area contributed by atoms with Crippen LogP contribution in [0.25, 0.3) is 0 Å². The summed E-state index contributed by atoms with van der Waals surface area (Å²) in [5, 5.41) is 6.51. The zero-order valence-electron chi connectivity index (χ0n) is 10.2. The van der Waals surface area contributed by atoms with Crippen molar-refractivity contribution >= 4 is 45.9 Å². The van der Waals surface area contributed by atoms with Crippen LogP contribution < -0.4 is 15.4 Å². The Morgan fingerprint density at radius 3 is 3.00 bits per heavy atom. The van der Waals surface area contributed by atoms with Crippen molar-refractivity contribution < 1.29 is 4.74 Å². The van der Waals surface area contributed by atoms with Crippen LogP contribution in [0.1, 0.15) is 12.0 Å². The Morgan fingerprint density at radius 1 is 1.50 bits per heavy atom. The predicted octanol–water partition coefficient (Wildman–Crippen LogP) is 2.51. The molecular weight excluding hydrogens is 409 g/mol. The second-order valence-corrected chi connectivity index (χ2v) is 4.74. The van der Waals surface area contributed by atoms with Crippen LogP contribution in [0, 0.1) is 0 Å². The van der Waals surface area contributed by atoms with E-state index in [1.165, 1.54) is 0 Å². The van der Waals surface area contributed by atoms with Gasteiger partial charge in [-0.3, -0.25) is 4.99 Å². The molecule has 1 aliphatic heterocycles. The van der Waals surface area contributed by atoms with Gasteiger partial charge in [-0.2, -0.15) is 0 Å². The van der Waals surface area contributed by atoms with Crippen molar-refractivity contribution in [1.29, 1.82) is 0 Å². The molecule has 2 N–H and O–H groups in total. The number of aliphatic imine (C=N–C) groups is 1. The number of rotatable bonds is 3. The number of hydrogen-bond donors (Lipinski definition) is 2. The standard InChI is InChI=1S/C12H16BrN3O.HI/c1-17-11-4-3-10(13)7-9(11)8-16-12-14-5-2-6-15-12;/h3-4,7H,2,5-6,8H2,1H3,(H2,14,15,16);1H. The lowest BCUT2D eigenvalue weighted by Gasteiger charge is -2.17. The molecule has 1 heterocycles. The first-order valence-corrected chi connectivity index (χ1v) is 6.43. The van der Waals surface area contributed by atoms with Crippen LogP contribution in [0.5, 0.6) is 5.75 Å². The van der Waals surface area contributed by atoms with Crippen LogP contribution in [0.2, 0.25) is 0 Å². The maximum Gasteiger partial charge on any atom is 0.191 e. The average Bonchev–Trinajstić information content (AvgIpc) is 2.38. The molecule has 0 spiro atoms. The first kappa shape index (κ1) is 15.6. The molecule has 1 aromatic rings. The van der Waals surface area contributed by atoms with Crippen molar-refractivity contribution in [2.24, 2.45) is 4.99 Å². The summed E-state index contributed by atoms with van der Waals surface area (Å²) in [6, 6.07) is 5.98. The first-order valence-electron chi connectivity index (χ1n) is 5.64. The van der Waals surface area contributed by atoms with Crippen LogP contribution in [-0.4, -0.2) is 26.2 Å². The van der Waals surface area contributed by atoms with Crippen LogP contribution >= 0.6 is 39.9 Å². The fourth-order valence-electron chi connectivity index (χ4n) is 1.72. The third kappa shape index (κ3) is 4.31. The van der Waals surface area contributed by atoms with E-state index in [-0.39, 0.29) is 24.0 Å². The minimum atomic E-state index is 0. The highest BCUT2D eigenvalue weighted by atomic mass is 127.